The summed E-state index contributed by atoms with van der Waals surface area (Å²) in [5.74, 6) is 0.609. The van der Waals surface area contributed by atoms with Crippen LogP contribution in [0.2, 0.25) is 0 Å². The lowest BCUT2D eigenvalue weighted by Crippen LogP contribution is -2.41. The van der Waals surface area contributed by atoms with Gasteiger partial charge in [0.1, 0.15) is 0 Å². The number of amides is 1. The molecule has 64 valence electrons. The van der Waals surface area contributed by atoms with E-state index in [0.29, 0.717) is 5.92 Å². The van der Waals surface area contributed by atoms with Crippen LogP contribution in [0.1, 0.15) is 26.2 Å². The smallest absolute Gasteiger partial charge is 0.207 e. The van der Waals surface area contributed by atoms with E-state index in [1.807, 2.05) is 6.92 Å². The van der Waals surface area contributed by atoms with Crippen molar-refractivity contribution in [2.24, 2.45) is 5.92 Å². The minimum absolute atomic E-state index is 0.425. The van der Waals surface area contributed by atoms with Crippen LogP contribution in [0.4, 0.5) is 0 Å². The summed E-state index contributed by atoms with van der Waals surface area (Å²) >= 11 is 0. The van der Waals surface area contributed by atoms with Gasteiger partial charge in [-0.25, -0.2) is 0 Å². The van der Waals surface area contributed by atoms with Crippen LogP contribution in [0, 0.1) is 5.92 Å². The Kier molecular flexibility index (Phi) is 2.49. The predicted octanol–water partition coefficient (Wildman–Crippen LogP) is 0.283. The van der Waals surface area contributed by atoms with E-state index in [2.05, 4.69) is 5.32 Å². The number of hydrogen-bond acceptors (Lipinski definition) is 2. The molecular formula is C8H15NO2. The van der Waals surface area contributed by atoms with E-state index in [9.17, 15) is 9.90 Å². The van der Waals surface area contributed by atoms with Gasteiger partial charge in [-0.15, -0.1) is 0 Å². The second-order valence-electron chi connectivity index (χ2n) is 3.63. The van der Waals surface area contributed by atoms with E-state index in [-0.39, 0.29) is 0 Å². The summed E-state index contributed by atoms with van der Waals surface area (Å²) in [6.07, 6.45) is 3.48. The topological polar surface area (TPSA) is 49.3 Å². The molecule has 11 heavy (non-hydrogen) atoms. The van der Waals surface area contributed by atoms with Gasteiger partial charge in [0, 0.05) is 6.54 Å². The molecule has 0 aromatic heterocycles. The Balaban J connectivity index is 2.00. The normalized spacial score (nSPS) is 36.0. The fourth-order valence-electron chi connectivity index (χ4n) is 1.73. The van der Waals surface area contributed by atoms with Crippen molar-refractivity contribution in [2.75, 3.05) is 6.54 Å². The zero-order valence-electron chi connectivity index (χ0n) is 6.84. The molecule has 0 spiro atoms. The van der Waals surface area contributed by atoms with Gasteiger partial charge in [-0.3, -0.25) is 4.79 Å². The quantitative estimate of drug-likeness (QED) is 0.455. The van der Waals surface area contributed by atoms with Crippen LogP contribution in [-0.4, -0.2) is 23.7 Å². The summed E-state index contributed by atoms with van der Waals surface area (Å²) in [6, 6.07) is 0. The van der Waals surface area contributed by atoms with Crippen LogP contribution >= 0.6 is 0 Å². The molecule has 0 aromatic carbocycles. The molecule has 0 atom stereocenters. The second kappa shape index (κ2) is 3.22. The molecule has 1 aliphatic carbocycles. The molecule has 1 fully saturated rings. The van der Waals surface area contributed by atoms with Crippen molar-refractivity contribution in [1.82, 2.24) is 5.32 Å². The second-order valence-corrected chi connectivity index (χ2v) is 3.63. The van der Waals surface area contributed by atoms with E-state index in [4.69, 9.17) is 0 Å². The Morgan fingerprint density at radius 3 is 2.82 bits per heavy atom. The fourth-order valence-corrected chi connectivity index (χ4v) is 1.73. The molecule has 0 saturated heterocycles. The van der Waals surface area contributed by atoms with Gasteiger partial charge in [-0.1, -0.05) is 0 Å². The highest BCUT2D eigenvalue weighted by molar-refractivity contribution is 5.45. The van der Waals surface area contributed by atoms with E-state index < -0.39 is 5.60 Å². The van der Waals surface area contributed by atoms with Crippen molar-refractivity contribution in [1.29, 1.82) is 0 Å². The maximum Gasteiger partial charge on any atom is 0.207 e. The average molecular weight is 157 g/mol. The number of hydrogen-bond donors (Lipinski definition) is 2. The molecule has 0 radical (unpaired) electrons. The number of rotatable bonds is 4. The van der Waals surface area contributed by atoms with Gasteiger partial charge >= 0.3 is 0 Å². The molecule has 0 aliphatic heterocycles. The third-order valence-corrected chi connectivity index (χ3v) is 2.24. The molecule has 1 saturated carbocycles. The maximum atomic E-state index is 9.86. The van der Waals surface area contributed by atoms with Crippen molar-refractivity contribution in [3.05, 3.63) is 0 Å². The molecular weight excluding hydrogens is 142 g/mol. The summed E-state index contributed by atoms with van der Waals surface area (Å²) in [5, 5.41) is 12.0. The number of nitrogens with one attached hydrogen (secondary N) is 1. The highest BCUT2D eigenvalue weighted by Gasteiger charge is 2.37. The van der Waals surface area contributed by atoms with Gasteiger partial charge in [0.15, 0.2) is 0 Å². The zero-order chi connectivity index (χ0) is 8.32. The highest BCUT2D eigenvalue weighted by Crippen LogP contribution is 2.38. The van der Waals surface area contributed by atoms with Gasteiger partial charge < -0.3 is 10.4 Å². The first-order chi connectivity index (χ1) is 5.14. The SMILES string of the molecule is CC1(O)CC(CCNC=O)C1. The molecule has 0 bridgehead atoms. The third-order valence-electron chi connectivity index (χ3n) is 2.24. The Labute approximate surface area is 66.8 Å². The summed E-state index contributed by atoms with van der Waals surface area (Å²) in [7, 11) is 0. The first-order valence-electron chi connectivity index (χ1n) is 4.03. The van der Waals surface area contributed by atoms with E-state index >= 15 is 0 Å². The Morgan fingerprint density at radius 2 is 2.36 bits per heavy atom. The lowest BCUT2D eigenvalue weighted by Gasteiger charge is -2.41. The lowest BCUT2D eigenvalue weighted by atomic mass is 9.71. The summed E-state index contributed by atoms with van der Waals surface area (Å²) in [5.41, 5.74) is -0.425. The van der Waals surface area contributed by atoms with E-state index in [0.717, 1.165) is 32.2 Å². The summed E-state index contributed by atoms with van der Waals surface area (Å²) in [4.78, 5) is 9.86. The minimum Gasteiger partial charge on any atom is -0.390 e. The molecule has 0 heterocycles. The molecule has 3 nitrogen and oxygen atoms in total. The molecule has 3 heteroatoms. The molecule has 1 rings (SSSR count). The Bertz CT molecular complexity index is 137. The number of aliphatic hydroxyl groups is 1. The van der Waals surface area contributed by atoms with Crippen molar-refractivity contribution in [2.45, 2.75) is 31.8 Å². The van der Waals surface area contributed by atoms with E-state index in [1.165, 1.54) is 0 Å². The maximum absolute atomic E-state index is 9.86. The molecule has 1 amide bonds. The first-order valence-corrected chi connectivity index (χ1v) is 4.03. The fraction of sp³-hybridized carbons (Fsp3) is 0.875. The highest BCUT2D eigenvalue weighted by atomic mass is 16.3. The van der Waals surface area contributed by atoms with Gasteiger partial charge in [0.25, 0.3) is 0 Å². The molecule has 2 N–H and O–H groups in total. The Hall–Kier alpha value is -0.570. The van der Waals surface area contributed by atoms with Crippen molar-refractivity contribution >= 4 is 6.41 Å². The van der Waals surface area contributed by atoms with Crippen molar-refractivity contribution < 1.29 is 9.90 Å². The summed E-state index contributed by atoms with van der Waals surface area (Å²) < 4.78 is 0. The van der Waals surface area contributed by atoms with Gasteiger partial charge in [0.2, 0.25) is 6.41 Å². The van der Waals surface area contributed by atoms with Crippen LogP contribution in [0.15, 0.2) is 0 Å². The van der Waals surface area contributed by atoms with Crippen LogP contribution in [0.25, 0.3) is 0 Å². The number of carbonyl (C=O) groups excluding carboxylic acids is 1. The van der Waals surface area contributed by atoms with Crippen LogP contribution in [0.3, 0.4) is 0 Å². The van der Waals surface area contributed by atoms with Crippen molar-refractivity contribution in [3.8, 4) is 0 Å². The van der Waals surface area contributed by atoms with Crippen LogP contribution in [-0.2, 0) is 4.79 Å². The minimum atomic E-state index is -0.425. The van der Waals surface area contributed by atoms with Gasteiger partial charge in [0.05, 0.1) is 5.60 Å². The zero-order valence-corrected chi connectivity index (χ0v) is 6.84. The summed E-state index contributed by atoms with van der Waals surface area (Å²) in [6.45, 7) is 2.60. The van der Waals surface area contributed by atoms with Crippen LogP contribution in [0.5, 0.6) is 0 Å². The van der Waals surface area contributed by atoms with Gasteiger partial charge in [-0.05, 0) is 32.1 Å². The lowest BCUT2D eigenvalue weighted by molar-refractivity contribution is -0.109. The largest absolute Gasteiger partial charge is 0.390 e. The van der Waals surface area contributed by atoms with E-state index in [1.54, 1.807) is 0 Å². The molecule has 0 aromatic rings. The number of carbonyl (C=O) groups is 1. The third kappa shape index (κ3) is 2.50. The standard InChI is InChI=1S/C8H15NO2/c1-8(11)4-7(5-8)2-3-9-6-10/h6-7,11H,2-5H2,1H3,(H,9,10). The monoisotopic (exact) mass is 157 g/mol. The van der Waals surface area contributed by atoms with Crippen molar-refractivity contribution in [3.63, 3.8) is 0 Å². The first kappa shape index (κ1) is 8.53. The van der Waals surface area contributed by atoms with Crippen LogP contribution < -0.4 is 5.32 Å². The predicted molar refractivity (Wildman–Crippen MR) is 42.0 cm³/mol. The Morgan fingerprint density at radius 1 is 1.73 bits per heavy atom. The van der Waals surface area contributed by atoms with Gasteiger partial charge in [-0.2, -0.15) is 0 Å². The molecule has 1 aliphatic rings. The molecule has 0 unspecified atom stereocenters. The average Bonchev–Trinajstić information content (AvgIpc) is 1.84.